The molecule has 0 saturated heterocycles. The molecule has 0 fully saturated rings. The van der Waals surface area contributed by atoms with Crippen molar-refractivity contribution >= 4 is 33.4 Å². The van der Waals surface area contributed by atoms with Crippen molar-refractivity contribution in [3.8, 4) is 0 Å². The Kier molecular flexibility index (Phi) is 8.80. The summed E-state index contributed by atoms with van der Waals surface area (Å²) >= 11 is 1.41. The normalized spacial score (nSPS) is 12.4. The van der Waals surface area contributed by atoms with Crippen LogP contribution in [0.4, 0.5) is 5.69 Å². The molecule has 0 heterocycles. The molecule has 0 aliphatic rings. The first-order chi connectivity index (χ1) is 18.8. The molecule has 4 aromatic carbocycles. The fourth-order valence-electron chi connectivity index (χ4n) is 4.27. The number of nitrogens with zero attached hydrogens (tertiary/aromatic N) is 1. The average molecular weight is 563 g/mol. The van der Waals surface area contributed by atoms with E-state index in [4.69, 9.17) is 4.74 Å². The van der Waals surface area contributed by atoms with E-state index in [9.17, 15) is 23.3 Å². The molecule has 0 amide bonds. The molecule has 4 rings (SSSR count). The second kappa shape index (κ2) is 12.2. The number of esters is 1. The molecule has 4 aromatic rings. The van der Waals surface area contributed by atoms with Crippen molar-refractivity contribution in [2.45, 2.75) is 15.7 Å². The van der Waals surface area contributed by atoms with Gasteiger partial charge in [-0.3, -0.25) is 14.9 Å². The largest absolute Gasteiger partial charge is 0.468 e. The maximum atomic E-state index is 13.2. The van der Waals surface area contributed by atoms with Crippen LogP contribution in [0, 0.1) is 10.1 Å². The minimum absolute atomic E-state index is 0.0254. The van der Waals surface area contributed by atoms with E-state index in [-0.39, 0.29) is 16.3 Å². The summed E-state index contributed by atoms with van der Waals surface area (Å²) in [6.07, 6.45) is 0. The Labute approximate surface area is 231 Å². The molecule has 0 aromatic heterocycles. The molecule has 1 atom stereocenters. The van der Waals surface area contributed by atoms with Gasteiger partial charge < -0.3 is 4.74 Å². The van der Waals surface area contributed by atoms with Crippen molar-refractivity contribution in [2.75, 3.05) is 12.9 Å². The Morgan fingerprint density at radius 2 is 1.28 bits per heavy atom. The SMILES string of the molecule is COC(=O)C(CSC(c1ccccc1)(c1ccccc1)c1ccccc1)NS(=O)(=O)c1ccc([N+](=O)[O-])cc1. The van der Waals surface area contributed by atoms with Gasteiger partial charge in [-0.1, -0.05) is 91.0 Å². The molecule has 8 nitrogen and oxygen atoms in total. The van der Waals surface area contributed by atoms with E-state index >= 15 is 0 Å². The van der Waals surface area contributed by atoms with Crippen LogP contribution in [0.5, 0.6) is 0 Å². The standard InChI is InChI=1S/C29H26N2O6S2/c1-37-28(32)27(30-39(35,36)26-19-17-25(18-20-26)31(33)34)21-38-29(22-11-5-2-6-12-22,23-13-7-3-8-14-23)24-15-9-4-10-16-24/h2-20,27,30H,21H2,1H3. The van der Waals surface area contributed by atoms with Gasteiger partial charge in [0.15, 0.2) is 0 Å². The van der Waals surface area contributed by atoms with Crippen LogP contribution >= 0.6 is 11.8 Å². The lowest BCUT2D eigenvalue weighted by Gasteiger charge is -2.36. The topological polar surface area (TPSA) is 116 Å². The summed E-state index contributed by atoms with van der Waals surface area (Å²) in [6, 6.07) is 32.6. The zero-order valence-corrected chi connectivity index (χ0v) is 22.6. The van der Waals surface area contributed by atoms with Crippen LogP contribution in [0.25, 0.3) is 0 Å². The predicted octanol–water partition coefficient (Wildman–Crippen LogP) is 5.14. The van der Waals surface area contributed by atoms with Crippen molar-refractivity contribution in [2.24, 2.45) is 0 Å². The third-order valence-corrected chi connectivity index (χ3v) is 9.28. The number of nitrogens with one attached hydrogen (secondary N) is 1. The number of methoxy groups -OCH3 is 1. The molecule has 0 spiro atoms. The minimum atomic E-state index is -4.21. The summed E-state index contributed by atoms with van der Waals surface area (Å²) in [6.45, 7) is 0. The highest BCUT2D eigenvalue weighted by Crippen LogP contribution is 2.48. The fourth-order valence-corrected chi connectivity index (χ4v) is 7.11. The zero-order valence-electron chi connectivity index (χ0n) is 21.0. The molecule has 0 radical (unpaired) electrons. The first-order valence-corrected chi connectivity index (χ1v) is 14.4. The lowest BCUT2D eigenvalue weighted by molar-refractivity contribution is -0.384. The van der Waals surface area contributed by atoms with Gasteiger partial charge in [-0.15, -0.1) is 11.8 Å². The second-order valence-corrected chi connectivity index (χ2v) is 11.5. The predicted molar refractivity (Wildman–Crippen MR) is 151 cm³/mol. The fraction of sp³-hybridized carbons (Fsp3) is 0.138. The molecular weight excluding hydrogens is 536 g/mol. The van der Waals surface area contributed by atoms with Crippen LogP contribution < -0.4 is 4.72 Å². The van der Waals surface area contributed by atoms with E-state index < -0.39 is 31.7 Å². The molecule has 0 aliphatic heterocycles. The zero-order chi connectivity index (χ0) is 27.9. The summed E-state index contributed by atoms with van der Waals surface area (Å²) < 4.78 is 33.0. The minimum Gasteiger partial charge on any atom is -0.468 e. The maximum Gasteiger partial charge on any atom is 0.324 e. The molecule has 1 unspecified atom stereocenters. The number of non-ortho nitro benzene ring substituents is 1. The summed E-state index contributed by atoms with van der Waals surface area (Å²) in [4.78, 5) is 23.0. The second-order valence-electron chi connectivity index (χ2n) is 8.54. The Bertz CT molecular complexity index is 1420. The third kappa shape index (κ3) is 6.19. The summed E-state index contributed by atoms with van der Waals surface area (Å²) in [5.74, 6) is -0.728. The number of hydrogen-bond donors (Lipinski definition) is 1. The Balaban J connectivity index is 1.74. The van der Waals surface area contributed by atoms with Crippen molar-refractivity contribution in [3.05, 3.63) is 142 Å². The highest BCUT2D eigenvalue weighted by molar-refractivity contribution is 8.00. The van der Waals surface area contributed by atoms with Crippen molar-refractivity contribution < 1.29 is 22.9 Å². The third-order valence-electron chi connectivity index (χ3n) is 6.15. The van der Waals surface area contributed by atoms with E-state index in [0.717, 1.165) is 41.0 Å². The van der Waals surface area contributed by atoms with Gasteiger partial charge in [0, 0.05) is 17.9 Å². The maximum absolute atomic E-state index is 13.2. The molecule has 200 valence electrons. The van der Waals surface area contributed by atoms with E-state index in [1.165, 1.54) is 18.9 Å². The molecule has 39 heavy (non-hydrogen) atoms. The highest BCUT2D eigenvalue weighted by Gasteiger charge is 2.39. The first kappa shape index (κ1) is 28.0. The Morgan fingerprint density at radius 1 is 0.846 bits per heavy atom. The van der Waals surface area contributed by atoms with Gasteiger partial charge in [-0.25, -0.2) is 8.42 Å². The average Bonchev–Trinajstić information content (AvgIpc) is 2.98. The van der Waals surface area contributed by atoms with Gasteiger partial charge in [0.1, 0.15) is 6.04 Å². The number of carbonyl (C=O) groups is 1. The molecular formula is C29H26N2O6S2. The van der Waals surface area contributed by atoms with E-state index in [0.29, 0.717) is 0 Å². The van der Waals surface area contributed by atoms with Gasteiger partial charge in [0.25, 0.3) is 5.69 Å². The van der Waals surface area contributed by atoms with Gasteiger partial charge >= 0.3 is 5.97 Å². The lowest BCUT2D eigenvalue weighted by atomic mass is 9.84. The van der Waals surface area contributed by atoms with Crippen molar-refractivity contribution in [1.82, 2.24) is 4.72 Å². The van der Waals surface area contributed by atoms with E-state index in [2.05, 4.69) is 4.72 Å². The number of thioether (sulfide) groups is 1. The van der Waals surface area contributed by atoms with Crippen LogP contribution in [0.2, 0.25) is 0 Å². The Morgan fingerprint density at radius 3 is 1.67 bits per heavy atom. The number of hydrogen-bond acceptors (Lipinski definition) is 7. The van der Waals surface area contributed by atoms with Crippen molar-refractivity contribution in [1.29, 1.82) is 0 Å². The van der Waals surface area contributed by atoms with Crippen LogP contribution in [0.1, 0.15) is 16.7 Å². The Hall–Kier alpha value is -3.99. The monoisotopic (exact) mass is 562 g/mol. The number of nitro benzene ring substituents is 1. The number of ether oxygens (including phenoxy) is 1. The molecule has 0 saturated carbocycles. The summed E-state index contributed by atoms with van der Waals surface area (Å²) in [7, 11) is -3.01. The number of nitro groups is 1. The van der Waals surface area contributed by atoms with Crippen LogP contribution in [-0.2, 0) is 24.3 Å². The smallest absolute Gasteiger partial charge is 0.324 e. The molecule has 1 N–H and O–H groups in total. The van der Waals surface area contributed by atoms with E-state index in [1.54, 1.807) is 0 Å². The molecule has 10 heteroatoms. The van der Waals surface area contributed by atoms with Gasteiger partial charge in [-0.2, -0.15) is 4.72 Å². The number of sulfonamides is 1. The first-order valence-electron chi connectivity index (χ1n) is 11.9. The summed E-state index contributed by atoms with van der Waals surface area (Å²) in [5.41, 5.74) is 2.62. The number of rotatable bonds is 11. The van der Waals surface area contributed by atoms with Crippen LogP contribution in [0.15, 0.2) is 120 Å². The van der Waals surface area contributed by atoms with Crippen molar-refractivity contribution in [3.63, 3.8) is 0 Å². The molecule has 0 bridgehead atoms. The van der Waals surface area contributed by atoms with Crippen LogP contribution in [0.3, 0.4) is 0 Å². The van der Waals surface area contributed by atoms with Gasteiger partial charge in [0.05, 0.1) is 21.7 Å². The summed E-state index contributed by atoms with van der Waals surface area (Å²) in [5, 5.41) is 11.0. The quantitative estimate of drug-likeness (QED) is 0.116. The number of benzene rings is 4. The van der Waals surface area contributed by atoms with Crippen LogP contribution in [-0.4, -0.2) is 38.2 Å². The molecule has 0 aliphatic carbocycles. The lowest BCUT2D eigenvalue weighted by Crippen LogP contribution is -2.44. The number of carbonyl (C=O) groups excluding carboxylic acids is 1. The van der Waals surface area contributed by atoms with Gasteiger partial charge in [-0.05, 0) is 28.8 Å². The van der Waals surface area contributed by atoms with E-state index in [1.807, 2.05) is 91.0 Å². The van der Waals surface area contributed by atoms with Gasteiger partial charge in [0.2, 0.25) is 10.0 Å². The highest BCUT2D eigenvalue weighted by atomic mass is 32.2.